The van der Waals surface area contributed by atoms with Gasteiger partial charge in [-0.05, 0) is 147 Å². The molecule has 0 spiro atoms. The van der Waals surface area contributed by atoms with Crippen LogP contribution in [0.5, 0.6) is 0 Å². The molecule has 11 rings (SSSR count). The topological polar surface area (TPSA) is 16.3 Å². The summed E-state index contributed by atoms with van der Waals surface area (Å²) < 4.78 is 4.63. The number of benzene rings is 9. The van der Waals surface area contributed by atoms with Gasteiger partial charge in [-0.15, -0.1) is 0 Å². The van der Waals surface area contributed by atoms with Crippen molar-refractivity contribution in [1.82, 2.24) is 9.13 Å². The average Bonchev–Trinajstić information content (AvgIpc) is 3.88. The van der Waals surface area contributed by atoms with Gasteiger partial charge in [0, 0.05) is 67.1 Å². The Balaban J connectivity index is 0.954. The molecule has 0 radical (unpaired) electrons. The van der Waals surface area contributed by atoms with Crippen molar-refractivity contribution in [2.24, 2.45) is 0 Å². The van der Waals surface area contributed by atoms with Crippen molar-refractivity contribution in [3.63, 3.8) is 0 Å². The van der Waals surface area contributed by atoms with Gasteiger partial charge in [0.1, 0.15) is 0 Å². The number of aromatic nitrogens is 2. The molecule has 0 bridgehead atoms. The highest BCUT2D eigenvalue weighted by atomic mass is 15.1. The van der Waals surface area contributed by atoms with E-state index >= 15 is 0 Å². The lowest BCUT2D eigenvalue weighted by molar-refractivity contribution is 1.18. The molecule has 0 saturated carbocycles. The molecule has 0 aliphatic heterocycles. The van der Waals surface area contributed by atoms with Crippen LogP contribution in [0.2, 0.25) is 0 Å². The van der Waals surface area contributed by atoms with E-state index in [1.807, 2.05) is 25.2 Å². The second kappa shape index (κ2) is 17.4. The maximum Gasteiger partial charge on any atom is 0.0542 e. The highest BCUT2D eigenvalue weighted by molar-refractivity contribution is 6.12. The molecule has 0 atom stereocenters. The largest absolute Gasteiger partial charge is 0.310 e. The lowest BCUT2D eigenvalue weighted by atomic mass is 10.0. The summed E-state index contributed by atoms with van der Waals surface area (Å²) in [4.78, 5) is 4.72. The van der Waals surface area contributed by atoms with Gasteiger partial charge in [0.25, 0.3) is 0 Å². The third-order valence-electron chi connectivity index (χ3n) is 12.9. The van der Waals surface area contributed by atoms with Gasteiger partial charge >= 0.3 is 0 Å². The van der Waals surface area contributed by atoms with Gasteiger partial charge in [0.15, 0.2) is 0 Å². The fourth-order valence-corrected chi connectivity index (χ4v) is 9.60. The van der Waals surface area contributed by atoms with Crippen molar-refractivity contribution in [1.29, 1.82) is 0 Å². The van der Waals surface area contributed by atoms with Crippen LogP contribution in [0, 0.1) is 13.8 Å². The van der Waals surface area contributed by atoms with E-state index in [-0.39, 0.29) is 0 Å². The van der Waals surface area contributed by atoms with Crippen LogP contribution in [-0.2, 0) is 0 Å². The summed E-state index contributed by atoms with van der Waals surface area (Å²) in [5.41, 5.74) is 18.1. The van der Waals surface area contributed by atoms with Crippen LogP contribution < -0.4 is 9.80 Å². The predicted octanol–water partition coefficient (Wildman–Crippen LogP) is 17.7. The summed E-state index contributed by atoms with van der Waals surface area (Å²) in [5.74, 6) is 0. The third kappa shape index (κ3) is 7.59. The molecule has 4 heteroatoms. The molecule has 0 aliphatic carbocycles. The van der Waals surface area contributed by atoms with E-state index in [4.69, 9.17) is 0 Å². The fourth-order valence-electron chi connectivity index (χ4n) is 9.60. The highest BCUT2D eigenvalue weighted by Gasteiger charge is 2.20. The highest BCUT2D eigenvalue weighted by Crippen LogP contribution is 2.43. The minimum atomic E-state index is 0.920. The summed E-state index contributed by atoms with van der Waals surface area (Å²) in [6.07, 6.45) is 8.18. The molecule has 67 heavy (non-hydrogen) atoms. The van der Waals surface area contributed by atoms with Gasteiger partial charge in [0.2, 0.25) is 0 Å². The first-order chi connectivity index (χ1) is 32.9. The summed E-state index contributed by atoms with van der Waals surface area (Å²) in [7, 11) is 0. The number of hydrogen-bond acceptors (Lipinski definition) is 2. The van der Waals surface area contributed by atoms with Crippen molar-refractivity contribution in [2.75, 3.05) is 9.80 Å². The minimum Gasteiger partial charge on any atom is -0.310 e. The van der Waals surface area contributed by atoms with E-state index in [2.05, 4.69) is 258 Å². The van der Waals surface area contributed by atoms with Crippen LogP contribution in [0.1, 0.15) is 18.1 Å². The molecule has 0 saturated heterocycles. The Hall–Kier alpha value is -8.60. The zero-order valence-electron chi connectivity index (χ0n) is 38.0. The number of allylic oxidation sites excluding steroid dienone is 5. The van der Waals surface area contributed by atoms with Crippen LogP contribution in [0.3, 0.4) is 0 Å². The molecule has 0 N–H and O–H groups in total. The normalized spacial score (nSPS) is 11.7. The number of hydrogen-bond donors (Lipinski definition) is 0. The number of rotatable bonds is 11. The van der Waals surface area contributed by atoms with Crippen molar-refractivity contribution < 1.29 is 0 Å². The first-order valence-electron chi connectivity index (χ1n) is 23.0. The molecule has 9 aromatic carbocycles. The number of fused-ring (bicyclic) bond motifs is 6. The zero-order valence-corrected chi connectivity index (χ0v) is 38.0. The van der Waals surface area contributed by atoms with Crippen molar-refractivity contribution in [3.05, 3.63) is 254 Å². The number of aryl methyl sites for hydroxylation is 2. The second-order valence-electron chi connectivity index (χ2n) is 17.3. The Labute approximate surface area is 392 Å². The van der Waals surface area contributed by atoms with E-state index in [1.54, 1.807) is 0 Å². The molecule has 4 nitrogen and oxygen atoms in total. The quantitative estimate of drug-likeness (QED) is 0.120. The number of nitrogens with zero attached hydrogens (tertiary/aromatic N) is 4. The van der Waals surface area contributed by atoms with Crippen LogP contribution >= 0.6 is 0 Å². The summed E-state index contributed by atoms with van der Waals surface area (Å²) in [6, 6.07) is 77.2. The number of anilines is 6. The van der Waals surface area contributed by atoms with Crippen molar-refractivity contribution in [3.8, 4) is 16.8 Å². The van der Waals surface area contributed by atoms with Crippen molar-refractivity contribution >= 4 is 83.4 Å². The number of para-hydroxylation sites is 3. The van der Waals surface area contributed by atoms with E-state index < -0.39 is 0 Å². The minimum absolute atomic E-state index is 0.920. The monoisotopic (exact) mass is 862 g/mol. The zero-order chi connectivity index (χ0) is 45.4. The van der Waals surface area contributed by atoms with Gasteiger partial charge in [-0.3, -0.25) is 0 Å². The van der Waals surface area contributed by atoms with E-state index in [9.17, 15) is 0 Å². The molecule has 0 unspecified atom stereocenters. The molecule has 0 aliphatic rings. The van der Waals surface area contributed by atoms with E-state index in [0.29, 0.717) is 0 Å². The molecule has 2 aromatic heterocycles. The first kappa shape index (κ1) is 41.1. The van der Waals surface area contributed by atoms with E-state index in [0.717, 1.165) is 67.7 Å². The Bertz CT molecular complexity index is 3640. The van der Waals surface area contributed by atoms with Crippen molar-refractivity contribution in [2.45, 2.75) is 20.8 Å². The summed E-state index contributed by atoms with van der Waals surface area (Å²) >= 11 is 0. The Kier molecular flexibility index (Phi) is 10.7. The van der Waals surface area contributed by atoms with Crippen LogP contribution in [0.15, 0.2) is 243 Å². The maximum absolute atomic E-state index is 4.46. The smallest absolute Gasteiger partial charge is 0.0542 e. The summed E-state index contributed by atoms with van der Waals surface area (Å²) in [5, 5.41) is 4.83. The molecule has 2 heterocycles. The molecule has 322 valence electrons. The Morgan fingerprint density at radius 1 is 0.403 bits per heavy atom. The molecule has 11 aromatic rings. The molecule has 0 fully saturated rings. The van der Waals surface area contributed by atoms with Gasteiger partial charge < -0.3 is 18.9 Å². The maximum atomic E-state index is 4.46. The summed E-state index contributed by atoms with van der Waals surface area (Å²) in [6.45, 7) is 10.8. The van der Waals surface area contributed by atoms with Gasteiger partial charge in [-0.1, -0.05) is 139 Å². The van der Waals surface area contributed by atoms with Crippen LogP contribution in [-0.4, -0.2) is 9.13 Å². The molecular weight excluding hydrogens is 813 g/mol. The SMILES string of the molecule is C=C(/C=C\C=C/C)n1c2ccccc2c2cc(N(c3ccc(C)cc3)c3ccc(-c4ccc(N(c5ccc(C)cc5)c5ccc6c(c5)c5ccccc5n6-c5ccccc5)cc4)cc3)ccc21. The first-order valence-corrected chi connectivity index (χ1v) is 23.0. The molecular formula is C63H50N4. The average molecular weight is 863 g/mol. The standard InChI is InChI=1S/C63H50N4/c1-5-6-8-15-46(4)64-60-20-13-11-18-56(60)58-42-54(38-40-62(58)64)65(50-30-22-44(2)23-31-50)52-34-26-47(27-35-52)48-28-36-53(37-29-48)66(51-32-24-45(3)25-33-51)55-39-41-63-59(43-55)57-19-12-14-21-61(57)67(63)49-16-9-7-10-17-49/h5-43H,4H2,1-3H3/b6-5-,15-8-. The second-order valence-corrected chi connectivity index (χ2v) is 17.3. The Morgan fingerprint density at radius 2 is 0.806 bits per heavy atom. The lowest BCUT2D eigenvalue weighted by Gasteiger charge is -2.26. The lowest BCUT2D eigenvalue weighted by Crippen LogP contribution is -2.10. The van der Waals surface area contributed by atoms with Gasteiger partial charge in [-0.2, -0.15) is 0 Å². The van der Waals surface area contributed by atoms with Crippen LogP contribution in [0.25, 0.3) is 66.1 Å². The fraction of sp³-hybridized carbons (Fsp3) is 0.0476. The van der Waals surface area contributed by atoms with Gasteiger partial charge in [0.05, 0.1) is 22.1 Å². The predicted molar refractivity (Wildman–Crippen MR) is 287 cm³/mol. The van der Waals surface area contributed by atoms with Crippen LogP contribution in [0.4, 0.5) is 34.1 Å². The Morgan fingerprint density at radius 3 is 1.34 bits per heavy atom. The molecule has 0 amide bonds. The third-order valence-corrected chi connectivity index (χ3v) is 12.9. The van der Waals surface area contributed by atoms with E-state index in [1.165, 1.54) is 43.7 Å². The van der Waals surface area contributed by atoms with Gasteiger partial charge in [-0.25, -0.2) is 0 Å².